The van der Waals surface area contributed by atoms with E-state index in [2.05, 4.69) is 11.7 Å². The van der Waals surface area contributed by atoms with Gasteiger partial charge in [0.2, 0.25) is 0 Å². The van der Waals surface area contributed by atoms with Gasteiger partial charge in [0.25, 0.3) is 0 Å². The zero-order valence-electron chi connectivity index (χ0n) is 6.66. The first-order valence-electron chi connectivity index (χ1n) is 3.86. The molecule has 0 saturated carbocycles. The number of nitrogens with zero attached hydrogens (tertiary/aromatic N) is 1. The Bertz CT molecular complexity index is 403. The van der Waals surface area contributed by atoms with Crippen LogP contribution in [0, 0.1) is 0 Å². The fourth-order valence-electron chi connectivity index (χ4n) is 1.22. The average molecular weight is 159 g/mol. The first kappa shape index (κ1) is 7.10. The highest BCUT2D eigenvalue weighted by Gasteiger charge is 2.03. The molecule has 12 heavy (non-hydrogen) atoms. The van der Waals surface area contributed by atoms with E-state index in [1.165, 1.54) is 0 Å². The van der Waals surface area contributed by atoms with Crippen molar-refractivity contribution in [3.05, 3.63) is 42.6 Å². The Kier molecular flexibility index (Phi) is 1.67. The van der Waals surface area contributed by atoms with E-state index in [0.717, 1.165) is 23.1 Å². The molecule has 0 aliphatic heterocycles. The third-order valence-corrected chi connectivity index (χ3v) is 1.79. The standard InChI is InChI=1S/C10H9NO/c1-2-5-9-8-6-3-4-7-10(8)12-11-9/h2-4,6-7H,1,5H2. The number of aromatic nitrogens is 1. The molecule has 2 aromatic rings. The van der Waals surface area contributed by atoms with Crippen LogP contribution in [0.15, 0.2) is 41.4 Å². The predicted molar refractivity (Wildman–Crippen MR) is 47.9 cm³/mol. The number of fused-ring (bicyclic) bond motifs is 1. The van der Waals surface area contributed by atoms with E-state index in [1.54, 1.807) is 0 Å². The van der Waals surface area contributed by atoms with Gasteiger partial charge in [0.05, 0.1) is 5.69 Å². The molecule has 2 rings (SSSR count). The summed E-state index contributed by atoms with van der Waals surface area (Å²) in [6.07, 6.45) is 2.58. The van der Waals surface area contributed by atoms with E-state index < -0.39 is 0 Å². The maximum atomic E-state index is 5.10. The number of rotatable bonds is 2. The molecule has 2 nitrogen and oxygen atoms in total. The van der Waals surface area contributed by atoms with Gasteiger partial charge in [-0.05, 0) is 12.1 Å². The minimum Gasteiger partial charge on any atom is -0.356 e. The third kappa shape index (κ3) is 1.01. The third-order valence-electron chi connectivity index (χ3n) is 1.79. The summed E-state index contributed by atoms with van der Waals surface area (Å²) in [5.41, 5.74) is 1.80. The number of hydrogen-bond acceptors (Lipinski definition) is 2. The van der Waals surface area contributed by atoms with Gasteiger partial charge in [-0.25, -0.2) is 0 Å². The largest absolute Gasteiger partial charge is 0.356 e. The highest BCUT2D eigenvalue weighted by atomic mass is 16.5. The van der Waals surface area contributed by atoms with Crippen molar-refractivity contribution in [3.63, 3.8) is 0 Å². The monoisotopic (exact) mass is 159 g/mol. The predicted octanol–water partition coefficient (Wildman–Crippen LogP) is 2.56. The van der Waals surface area contributed by atoms with E-state index in [-0.39, 0.29) is 0 Å². The molecule has 0 atom stereocenters. The SMILES string of the molecule is C=CCc1noc2ccccc12. The summed E-state index contributed by atoms with van der Waals surface area (Å²) in [5.74, 6) is 0. The molecule has 0 N–H and O–H groups in total. The number of para-hydroxylation sites is 1. The molecule has 0 spiro atoms. The maximum absolute atomic E-state index is 5.10. The van der Waals surface area contributed by atoms with Crippen molar-refractivity contribution in [1.29, 1.82) is 0 Å². The highest BCUT2D eigenvalue weighted by Crippen LogP contribution is 2.17. The van der Waals surface area contributed by atoms with E-state index in [1.807, 2.05) is 30.3 Å². The Morgan fingerprint density at radius 3 is 3.08 bits per heavy atom. The molecule has 0 radical (unpaired) electrons. The van der Waals surface area contributed by atoms with E-state index in [4.69, 9.17) is 4.52 Å². The molecule has 1 heterocycles. The molecule has 1 aromatic heterocycles. The molecule has 1 aromatic carbocycles. The quantitative estimate of drug-likeness (QED) is 0.629. The average Bonchev–Trinajstić information content (AvgIpc) is 2.50. The van der Waals surface area contributed by atoms with Crippen molar-refractivity contribution >= 4 is 11.0 Å². The first-order chi connectivity index (χ1) is 5.92. The highest BCUT2D eigenvalue weighted by molar-refractivity contribution is 5.79. The van der Waals surface area contributed by atoms with E-state index in [0.29, 0.717) is 0 Å². The van der Waals surface area contributed by atoms with Crippen molar-refractivity contribution < 1.29 is 4.52 Å². The van der Waals surface area contributed by atoms with Crippen molar-refractivity contribution in [3.8, 4) is 0 Å². The number of hydrogen-bond donors (Lipinski definition) is 0. The molecule has 0 bridgehead atoms. The normalized spacial score (nSPS) is 10.3. The minimum atomic E-state index is 0.761. The Balaban J connectivity index is 2.62. The van der Waals surface area contributed by atoms with Gasteiger partial charge in [0.15, 0.2) is 5.58 Å². The molecular formula is C10H9NO. The summed E-state index contributed by atoms with van der Waals surface area (Å²) >= 11 is 0. The van der Waals surface area contributed by atoms with Gasteiger partial charge in [-0.1, -0.05) is 23.4 Å². The van der Waals surface area contributed by atoms with Crippen LogP contribution in [-0.4, -0.2) is 5.16 Å². The molecule has 0 amide bonds. The van der Waals surface area contributed by atoms with Crippen molar-refractivity contribution in [2.24, 2.45) is 0 Å². The molecule has 0 fully saturated rings. The minimum absolute atomic E-state index is 0.761. The van der Waals surface area contributed by atoms with Crippen LogP contribution in [0.1, 0.15) is 5.69 Å². The molecule has 0 aliphatic carbocycles. The lowest BCUT2D eigenvalue weighted by molar-refractivity contribution is 0.448. The van der Waals surface area contributed by atoms with Gasteiger partial charge in [0.1, 0.15) is 0 Å². The van der Waals surface area contributed by atoms with Crippen LogP contribution in [0.25, 0.3) is 11.0 Å². The van der Waals surface area contributed by atoms with Crippen molar-refractivity contribution in [1.82, 2.24) is 5.16 Å². The zero-order valence-corrected chi connectivity index (χ0v) is 6.66. The first-order valence-corrected chi connectivity index (χ1v) is 3.86. The lowest BCUT2D eigenvalue weighted by atomic mass is 10.2. The Morgan fingerprint density at radius 1 is 1.42 bits per heavy atom. The zero-order chi connectivity index (χ0) is 8.39. The summed E-state index contributed by atoms with van der Waals surface area (Å²) in [4.78, 5) is 0. The smallest absolute Gasteiger partial charge is 0.167 e. The van der Waals surface area contributed by atoms with E-state index in [9.17, 15) is 0 Å². The Hall–Kier alpha value is -1.57. The molecule has 0 unspecified atom stereocenters. The van der Waals surface area contributed by atoms with Crippen LogP contribution in [0.4, 0.5) is 0 Å². The van der Waals surface area contributed by atoms with Gasteiger partial charge in [-0.15, -0.1) is 6.58 Å². The van der Waals surface area contributed by atoms with Crippen molar-refractivity contribution in [2.75, 3.05) is 0 Å². The van der Waals surface area contributed by atoms with Gasteiger partial charge in [-0.2, -0.15) is 0 Å². The molecular weight excluding hydrogens is 150 g/mol. The van der Waals surface area contributed by atoms with Crippen LogP contribution < -0.4 is 0 Å². The fraction of sp³-hybridized carbons (Fsp3) is 0.100. The number of allylic oxidation sites excluding steroid dienone is 1. The van der Waals surface area contributed by atoms with Crippen LogP contribution >= 0.6 is 0 Å². The molecule has 0 aliphatic rings. The van der Waals surface area contributed by atoms with Gasteiger partial charge >= 0.3 is 0 Å². The summed E-state index contributed by atoms with van der Waals surface area (Å²) in [5, 5.41) is 5.02. The lowest BCUT2D eigenvalue weighted by Gasteiger charge is -1.86. The number of benzene rings is 1. The summed E-state index contributed by atoms with van der Waals surface area (Å²) in [6.45, 7) is 3.66. The van der Waals surface area contributed by atoms with Gasteiger partial charge in [0, 0.05) is 11.8 Å². The van der Waals surface area contributed by atoms with Gasteiger partial charge < -0.3 is 4.52 Å². The second-order valence-corrected chi connectivity index (χ2v) is 2.62. The van der Waals surface area contributed by atoms with Crippen molar-refractivity contribution in [2.45, 2.75) is 6.42 Å². The Labute approximate surface area is 70.5 Å². The van der Waals surface area contributed by atoms with Crippen LogP contribution in [-0.2, 0) is 6.42 Å². The maximum Gasteiger partial charge on any atom is 0.167 e. The molecule has 0 saturated heterocycles. The second kappa shape index (κ2) is 2.81. The molecule has 2 heteroatoms. The second-order valence-electron chi connectivity index (χ2n) is 2.62. The summed E-state index contributed by atoms with van der Waals surface area (Å²) in [6, 6.07) is 7.83. The Morgan fingerprint density at radius 2 is 2.25 bits per heavy atom. The van der Waals surface area contributed by atoms with Crippen LogP contribution in [0.3, 0.4) is 0 Å². The summed E-state index contributed by atoms with van der Waals surface area (Å²) in [7, 11) is 0. The van der Waals surface area contributed by atoms with Crippen LogP contribution in [0.5, 0.6) is 0 Å². The van der Waals surface area contributed by atoms with Crippen LogP contribution in [0.2, 0.25) is 0 Å². The fourth-order valence-corrected chi connectivity index (χ4v) is 1.22. The topological polar surface area (TPSA) is 26.0 Å². The molecule has 60 valence electrons. The van der Waals surface area contributed by atoms with Gasteiger partial charge in [-0.3, -0.25) is 0 Å². The van der Waals surface area contributed by atoms with E-state index >= 15 is 0 Å². The lowest BCUT2D eigenvalue weighted by Crippen LogP contribution is -1.79. The summed E-state index contributed by atoms with van der Waals surface area (Å²) < 4.78 is 5.10.